The van der Waals surface area contributed by atoms with Gasteiger partial charge in [0.25, 0.3) is 0 Å². The molecule has 0 fully saturated rings. The maximum Gasteiger partial charge on any atom is 0.160 e. The molecule has 15 heavy (non-hydrogen) atoms. The van der Waals surface area contributed by atoms with E-state index in [9.17, 15) is 4.79 Å². The molecule has 0 radical (unpaired) electrons. The fourth-order valence-corrected chi connectivity index (χ4v) is 3.24. The summed E-state index contributed by atoms with van der Waals surface area (Å²) in [4.78, 5) is 11.5. The fourth-order valence-electron chi connectivity index (χ4n) is 2.29. The number of carbonyl (C=O) groups is 1. The molecule has 0 heterocycles. The first kappa shape index (κ1) is 11.1. The number of ketones is 1. The Hall–Kier alpha value is -0.380. The summed E-state index contributed by atoms with van der Waals surface area (Å²) >= 11 is 2.50. The Bertz CT molecular complexity index is 409. The minimum atomic E-state index is 0.201. The van der Waals surface area contributed by atoms with Crippen LogP contribution in [-0.2, 0) is 19.3 Å². The molecule has 0 spiro atoms. The molecule has 0 bridgehead atoms. The summed E-state index contributed by atoms with van der Waals surface area (Å²) < 4.78 is 0.713. The molecule has 0 saturated carbocycles. The van der Waals surface area contributed by atoms with Crippen LogP contribution >= 0.6 is 22.6 Å². The molecule has 0 aromatic heterocycles. The molecular formula is C13H15IO. The number of fused-ring (bicyclic) bond motifs is 1. The standard InChI is InChI=1S/C13H15IO/c1-3-9-4-10-5-12(14)6-11(10)7-13(9)8(2)15/h4,7,12H,3,5-6H2,1-2H3. The average molecular weight is 314 g/mol. The molecule has 2 heteroatoms. The molecule has 1 nitrogen and oxygen atoms in total. The van der Waals surface area contributed by atoms with Crippen LogP contribution in [0.15, 0.2) is 12.1 Å². The van der Waals surface area contributed by atoms with E-state index >= 15 is 0 Å². The smallest absolute Gasteiger partial charge is 0.160 e. The number of carbonyl (C=O) groups excluding carboxylic acids is 1. The predicted molar refractivity (Wildman–Crippen MR) is 71.0 cm³/mol. The van der Waals surface area contributed by atoms with Gasteiger partial charge in [-0.05, 0) is 48.9 Å². The van der Waals surface area contributed by atoms with Crippen molar-refractivity contribution in [3.8, 4) is 0 Å². The Balaban J connectivity index is 2.50. The van der Waals surface area contributed by atoms with Crippen LogP contribution in [0.5, 0.6) is 0 Å². The average Bonchev–Trinajstić information content (AvgIpc) is 2.54. The van der Waals surface area contributed by atoms with Crippen LogP contribution in [-0.4, -0.2) is 9.71 Å². The van der Waals surface area contributed by atoms with Gasteiger partial charge in [0.15, 0.2) is 5.78 Å². The number of halogens is 1. The van der Waals surface area contributed by atoms with Crippen molar-refractivity contribution in [3.63, 3.8) is 0 Å². The Morgan fingerprint density at radius 1 is 1.40 bits per heavy atom. The fraction of sp³-hybridized carbons (Fsp3) is 0.462. The molecule has 1 atom stereocenters. The lowest BCUT2D eigenvalue weighted by atomic mass is 9.96. The second-order valence-corrected chi connectivity index (χ2v) is 5.95. The van der Waals surface area contributed by atoms with Crippen molar-refractivity contribution in [1.82, 2.24) is 0 Å². The zero-order valence-corrected chi connectivity index (χ0v) is 11.3. The van der Waals surface area contributed by atoms with Gasteiger partial charge in [-0.25, -0.2) is 0 Å². The third-order valence-electron chi connectivity index (χ3n) is 3.07. The van der Waals surface area contributed by atoms with Gasteiger partial charge in [0, 0.05) is 9.49 Å². The number of aryl methyl sites for hydroxylation is 1. The molecule has 0 N–H and O–H groups in total. The first-order valence-corrected chi connectivity index (χ1v) is 6.66. The molecule has 80 valence electrons. The number of Topliss-reactive ketones (excluding diaryl/α,β-unsaturated/α-hetero) is 1. The van der Waals surface area contributed by atoms with Gasteiger partial charge in [-0.3, -0.25) is 4.79 Å². The molecule has 1 aromatic rings. The van der Waals surface area contributed by atoms with E-state index in [1.807, 2.05) is 0 Å². The molecule has 2 rings (SSSR count). The minimum Gasteiger partial charge on any atom is -0.295 e. The third-order valence-corrected chi connectivity index (χ3v) is 3.95. The van der Waals surface area contributed by atoms with Crippen LogP contribution in [0, 0.1) is 0 Å². The maximum absolute atomic E-state index is 11.5. The van der Waals surface area contributed by atoms with E-state index in [4.69, 9.17) is 0 Å². The topological polar surface area (TPSA) is 17.1 Å². The Morgan fingerprint density at radius 2 is 2.00 bits per heavy atom. The first-order valence-electron chi connectivity index (χ1n) is 5.41. The van der Waals surface area contributed by atoms with Gasteiger partial charge in [0.2, 0.25) is 0 Å². The molecule has 1 aliphatic carbocycles. The zero-order valence-electron chi connectivity index (χ0n) is 9.14. The van der Waals surface area contributed by atoms with Gasteiger partial charge in [0.05, 0.1) is 0 Å². The number of benzene rings is 1. The minimum absolute atomic E-state index is 0.201. The van der Waals surface area contributed by atoms with E-state index in [-0.39, 0.29) is 5.78 Å². The van der Waals surface area contributed by atoms with Gasteiger partial charge in [-0.15, -0.1) is 0 Å². The van der Waals surface area contributed by atoms with Crippen LogP contribution in [0.3, 0.4) is 0 Å². The molecule has 0 amide bonds. The summed E-state index contributed by atoms with van der Waals surface area (Å²) in [5.41, 5.74) is 4.99. The highest BCUT2D eigenvalue weighted by Gasteiger charge is 2.21. The summed E-state index contributed by atoms with van der Waals surface area (Å²) in [5.74, 6) is 0.201. The van der Waals surface area contributed by atoms with Crippen molar-refractivity contribution >= 4 is 28.4 Å². The summed E-state index contributed by atoms with van der Waals surface area (Å²) in [6.07, 6.45) is 3.25. The van der Waals surface area contributed by atoms with E-state index in [2.05, 4.69) is 41.6 Å². The molecule has 1 aromatic carbocycles. The van der Waals surface area contributed by atoms with Gasteiger partial charge in [-0.2, -0.15) is 0 Å². The lowest BCUT2D eigenvalue weighted by Crippen LogP contribution is -2.01. The van der Waals surface area contributed by atoms with Crippen LogP contribution in [0.2, 0.25) is 0 Å². The maximum atomic E-state index is 11.5. The summed E-state index contributed by atoms with van der Waals surface area (Å²) in [6, 6.07) is 4.36. The molecular weight excluding hydrogens is 299 g/mol. The second kappa shape index (κ2) is 4.24. The summed E-state index contributed by atoms with van der Waals surface area (Å²) in [5, 5.41) is 0. The third kappa shape index (κ3) is 2.10. The van der Waals surface area contributed by atoms with Crippen molar-refractivity contribution < 1.29 is 4.79 Å². The normalized spacial score (nSPS) is 19.0. The van der Waals surface area contributed by atoms with Crippen LogP contribution in [0.1, 0.15) is 40.9 Å². The molecule has 1 aliphatic rings. The zero-order chi connectivity index (χ0) is 11.0. The SMILES string of the molecule is CCc1cc2c(cc1C(C)=O)CC(I)C2. The molecule has 0 aliphatic heterocycles. The largest absolute Gasteiger partial charge is 0.295 e. The van der Waals surface area contributed by atoms with Crippen molar-refractivity contribution in [1.29, 1.82) is 0 Å². The lowest BCUT2D eigenvalue weighted by molar-refractivity contribution is 0.101. The van der Waals surface area contributed by atoms with Crippen molar-refractivity contribution in [2.24, 2.45) is 0 Å². The van der Waals surface area contributed by atoms with Crippen molar-refractivity contribution in [2.75, 3.05) is 0 Å². The monoisotopic (exact) mass is 314 g/mol. The highest BCUT2D eigenvalue weighted by Crippen LogP contribution is 2.30. The van der Waals surface area contributed by atoms with Gasteiger partial charge in [-0.1, -0.05) is 35.6 Å². The highest BCUT2D eigenvalue weighted by atomic mass is 127. The highest BCUT2D eigenvalue weighted by molar-refractivity contribution is 14.1. The van der Waals surface area contributed by atoms with Crippen LogP contribution < -0.4 is 0 Å². The number of hydrogen-bond donors (Lipinski definition) is 0. The second-order valence-electron chi connectivity index (χ2n) is 4.19. The van der Waals surface area contributed by atoms with E-state index in [0.29, 0.717) is 3.92 Å². The van der Waals surface area contributed by atoms with E-state index in [0.717, 1.165) is 18.4 Å². The van der Waals surface area contributed by atoms with Crippen LogP contribution in [0.4, 0.5) is 0 Å². The number of alkyl halides is 1. The van der Waals surface area contributed by atoms with Gasteiger partial charge < -0.3 is 0 Å². The summed E-state index contributed by atoms with van der Waals surface area (Å²) in [6.45, 7) is 3.78. The predicted octanol–water partition coefficient (Wildman–Crippen LogP) is 3.35. The lowest BCUT2D eigenvalue weighted by Gasteiger charge is -2.08. The quantitative estimate of drug-likeness (QED) is 0.465. The van der Waals surface area contributed by atoms with Crippen molar-refractivity contribution in [3.05, 3.63) is 34.4 Å². The summed E-state index contributed by atoms with van der Waals surface area (Å²) in [7, 11) is 0. The van der Waals surface area contributed by atoms with E-state index in [1.54, 1.807) is 6.92 Å². The molecule has 0 saturated heterocycles. The Labute approximate surface area is 104 Å². The Kier molecular flexibility index (Phi) is 3.14. The van der Waals surface area contributed by atoms with E-state index < -0.39 is 0 Å². The van der Waals surface area contributed by atoms with Crippen LogP contribution in [0.25, 0.3) is 0 Å². The van der Waals surface area contributed by atoms with E-state index in [1.165, 1.54) is 23.1 Å². The number of hydrogen-bond acceptors (Lipinski definition) is 1. The number of rotatable bonds is 2. The van der Waals surface area contributed by atoms with Crippen molar-refractivity contribution in [2.45, 2.75) is 37.0 Å². The van der Waals surface area contributed by atoms with Gasteiger partial charge in [0.1, 0.15) is 0 Å². The Morgan fingerprint density at radius 3 is 2.53 bits per heavy atom. The van der Waals surface area contributed by atoms with Gasteiger partial charge >= 0.3 is 0 Å². The first-order chi connectivity index (χ1) is 7.11. The molecule has 1 unspecified atom stereocenters.